The van der Waals surface area contributed by atoms with Gasteiger partial charge in [0.2, 0.25) is 5.91 Å². The van der Waals surface area contributed by atoms with E-state index in [4.69, 9.17) is 5.11 Å². The number of halogens is 2. The summed E-state index contributed by atoms with van der Waals surface area (Å²) in [5, 5.41) is 9.05. The molecule has 3 nitrogen and oxygen atoms in total. The highest BCUT2D eigenvalue weighted by atomic mass is 79.9. The van der Waals surface area contributed by atoms with Gasteiger partial charge in [-0.3, -0.25) is 4.79 Å². The van der Waals surface area contributed by atoms with Crippen molar-refractivity contribution < 1.29 is 14.3 Å². The van der Waals surface area contributed by atoms with Gasteiger partial charge in [-0.15, -0.1) is 0 Å². The van der Waals surface area contributed by atoms with E-state index < -0.39 is 5.82 Å². The summed E-state index contributed by atoms with van der Waals surface area (Å²) in [6.45, 7) is 0.459. The second kappa shape index (κ2) is 3.81. The van der Waals surface area contributed by atoms with Crippen molar-refractivity contribution in [3.63, 3.8) is 0 Å². The lowest BCUT2D eigenvalue weighted by Crippen LogP contribution is -2.25. The molecule has 2 rings (SSSR count). The lowest BCUT2D eigenvalue weighted by Gasteiger charge is -2.16. The van der Waals surface area contributed by atoms with Crippen LogP contribution in [-0.4, -0.2) is 22.4 Å². The van der Waals surface area contributed by atoms with Crippen molar-refractivity contribution in [1.29, 1.82) is 0 Å². The van der Waals surface area contributed by atoms with Gasteiger partial charge in [0.25, 0.3) is 0 Å². The van der Waals surface area contributed by atoms with Crippen LogP contribution in [0.3, 0.4) is 0 Å². The number of nitrogens with zero attached hydrogens (tertiary/aromatic N) is 1. The van der Waals surface area contributed by atoms with E-state index >= 15 is 0 Å². The summed E-state index contributed by atoms with van der Waals surface area (Å²) in [5.74, 6) is -0.829. The fraction of sp³-hybridized carbons (Fsp3) is 0.300. The zero-order chi connectivity index (χ0) is 11.0. The minimum Gasteiger partial charge on any atom is -0.508 e. The van der Waals surface area contributed by atoms with E-state index in [0.29, 0.717) is 13.0 Å². The third-order valence-corrected chi connectivity index (χ3v) is 2.91. The van der Waals surface area contributed by atoms with Gasteiger partial charge in [-0.05, 0) is 12.1 Å². The Balaban J connectivity index is 2.34. The first-order chi connectivity index (χ1) is 7.08. The quantitative estimate of drug-likeness (QED) is 0.796. The van der Waals surface area contributed by atoms with Gasteiger partial charge >= 0.3 is 0 Å². The predicted octanol–water partition coefficient (Wildman–Crippen LogP) is 2.03. The Morgan fingerprint density at radius 3 is 2.80 bits per heavy atom. The number of benzene rings is 1. The molecule has 1 aliphatic rings. The van der Waals surface area contributed by atoms with Crippen molar-refractivity contribution in [3.8, 4) is 5.75 Å². The number of anilines is 1. The fourth-order valence-corrected chi connectivity index (χ4v) is 2.18. The standard InChI is InChI=1S/C10H9BrFNO2/c11-6-3-10(15)13(5-6)9-2-1-7(14)4-8(9)12/h1-2,4,6,14H,3,5H2. The molecule has 5 heteroatoms. The molecule has 0 saturated carbocycles. The van der Waals surface area contributed by atoms with E-state index in [0.717, 1.165) is 6.07 Å². The van der Waals surface area contributed by atoms with Gasteiger partial charge in [0.05, 0.1) is 5.69 Å². The average Bonchev–Trinajstić information content (AvgIpc) is 2.45. The van der Waals surface area contributed by atoms with Crippen LogP contribution in [0.2, 0.25) is 0 Å². The van der Waals surface area contributed by atoms with E-state index in [-0.39, 0.29) is 22.2 Å². The summed E-state index contributed by atoms with van der Waals surface area (Å²) in [4.78, 5) is 12.9. The van der Waals surface area contributed by atoms with Crippen molar-refractivity contribution >= 4 is 27.5 Å². The normalized spacial score (nSPS) is 21.1. The van der Waals surface area contributed by atoms with Gasteiger partial charge in [0.15, 0.2) is 5.82 Å². The number of aromatic hydroxyl groups is 1. The number of phenolic OH excluding ortho intramolecular Hbond substituents is 1. The van der Waals surface area contributed by atoms with Crippen LogP contribution >= 0.6 is 15.9 Å². The molecule has 1 atom stereocenters. The lowest BCUT2D eigenvalue weighted by atomic mass is 10.2. The Hall–Kier alpha value is -1.10. The Morgan fingerprint density at radius 2 is 2.27 bits per heavy atom. The van der Waals surface area contributed by atoms with Crippen molar-refractivity contribution in [2.75, 3.05) is 11.4 Å². The number of carbonyl (C=O) groups is 1. The Morgan fingerprint density at radius 1 is 1.53 bits per heavy atom. The van der Waals surface area contributed by atoms with Gasteiger partial charge in [-0.25, -0.2) is 4.39 Å². The molecule has 1 fully saturated rings. The molecular weight excluding hydrogens is 265 g/mol. The molecule has 15 heavy (non-hydrogen) atoms. The Labute approximate surface area is 94.6 Å². The van der Waals surface area contributed by atoms with Crippen LogP contribution in [0.5, 0.6) is 5.75 Å². The van der Waals surface area contributed by atoms with Crippen LogP contribution in [-0.2, 0) is 4.79 Å². The third-order valence-electron chi connectivity index (χ3n) is 2.30. The Kier molecular flexibility index (Phi) is 2.65. The van der Waals surface area contributed by atoms with E-state index in [1.165, 1.54) is 17.0 Å². The maximum atomic E-state index is 13.4. The summed E-state index contributed by atoms with van der Waals surface area (Å²) >= 11 is 3.32. The Bertz CT molecular complexity index is 410. The van der Waals surface area contributed by atoms with Crippen LogP contribution in [0.25, 0.3) is 0 Å². The first-order valence-corrected chi connectivity index (χ1v) is 5.42. The third kappa shape index (κ3) is 1.97. The summed E-state index contributed by atoms with van der Waals surface area (Å²) in [7, 11) is 0. The summed E-state index contributed by atoms with van der Waals surface area (Å²) in [6.07, 6.45) is 0.375. The number of rotatable bonds is 1. The fourth-order valence-electron chi connectivity index (χ4n) is 1.61. The molecule has 1 aliphatic heterocycles. The molecule has 1 N–H and O–H groups in total. The second-order valence-corrected chi connectivity index (χ2v) is 4.74. The molecule has 1 saturated heterocycles. The zero-order valence-electron chi connectivity index (χ0n) is 7.78. The molecule has 1 aromatic rings. The number of hydrogen-bond acceptors (Lipinski definition) is 2. The van der Waals surface area contributed by atoms with Crippen LogP contribution in [0.1, 0.15) is 6.42 Å². The second-order valence-electron chi connectivity index (χ2n) is 3.44. The molecule has 1 heterocycles. The summed E-state index contributed by atoms with van der Waals surface area (Å²) in [5.41, 5.74) is 0.222. The van der Waals surface area contributed by atoms with Gasteiger partial charge in [0.1, 0.15) is 5.75 Å². The SMILES string of the molecule is O=C1CC(Br)CN1c1ccc(O)cc1F. The molecular formula is C10H9BrFNO2. The maximum absolute atomic E-state index is 13.4. The predicted molar refractivity (Wildman–Crippen MR) is 57.7 cm³/mol. The first-order valence-electron chi connectivity index (χ1n) is 4.51. The van der Waals surface area contributed by atoms with Gasteiger partial charge in [-0.2, -0.15) is 0 Å². The van der Waals surface area contributed by atoms with Crippen molar-refractivity contribution in [1.82, 2.24) is 0 Å². The highest BCUT2D eigenvalue weighted by Crippen LogP contribution is 2.29. The highest BCUT2D eigenvalue weighted by molar-refractivity contribution is 9.09. The number of carbonyl (C=O) groups excluding carboxylic acids is 1. The van der Waals surface area contributed by atoms with E-state index in [1.54, 1.807) is 0 Å². The van der Waals surface area contributed by atoms with E-state index in [2.05, 4.69) is 15.9 Å². The van der Waals surface area contributed by atoms with Crippen LogP contribution < -0.4 is 4.90 Å². The van der Waals surface area contributed by atoms with Gasteiger partial charge in [-0.1, -0.05) is 15.9 Å². The number of amides is 1. The van der Waals surface area contributed by atoms with Crippen molar-refractivity contribution in [2.45, 2.75) is 11.2 Å². The largest absolute Gasteiger partial charge is 0.508 e. The highest BCUT2D eigenvalue weighted by Gasteiger charge is 2.30. The average molecular weight is 274 g/mol. The zero-order valence-corrected chi connectivity index (χ0v) is 9.37. The molecule has 1 unspecified atom stereocenters. The minimum atomic E-state index is -0.579. The summed E-state index contributed by atoms with van der Waals surface area (Å²) < 4.78 is 13.4. The number of hydrogen-bond donors (Lipinski definition) is 1. The minimum absolute atomic E-state index is 0.0678. The molecule has 0 radical (unpaired) electrons. The molecule has 80 valence electrons. The monoisotopic (exact) mass is 273 g/mol. The topological polar surface area (TPSA) is 40.5 Å². The van der Waals surface area contributed by atoms with E-state index in [9.17, 15) is 9.18 Å². The molecule has 0 aromatic heterocycles. The molecule has 0 bridgehead atoms. The first kappa shape index (κ1) is 10.4. The molecule has 1 amide bonds. The van der Waals surface area contributed by atoms with Gasteiger partial charge in [0, 0.05) is 23.9 Å². The summed E-state index contributed by atoms with van der Waals surface area (Å²) in [6, 6.07) is 3.78. The maximum Gasteiger partial charge on any atom is 0.228 e. The lowest BCUT2D eigenvalue weighted by molar-refractivity contribution is -0.117. The van der Waals surface area contributed by atoms with E-state index in [1.807, 2.05) is 0 Å². The smallest absolute Gasteiger partial charge is 0.228 e. The van der Waals surface area contributed by atoms with Crippen LogP contribution in [0.4, 0.5) is 10.1 Å². The van der Waals surface area contributed by atoms with Crippen LogP contribution in [0, 0.1) is 5.82 Å². The van der Waals surface area contributed by atoms with Crippen LogP contribution in [0.15, 0.2) is 18.2 Å². The number of alkyl halides is 1. The molecule has 0 spiro atoms. The molecule has 1 aromatic carbocycles. The number of phenols is 1. The molecule has 0 aliphatic carbocycles. The van der Waals surface area contributed by atoms with Crippen molar-refractivity contribution in [2.24, 2.45) is 0 Å². The van der Waals surface area contributed by atoms with Crippen molar-refractivity contribution in [3.05, 3.63) is 24.0 Å². The van der Waals surface area contributed by atoms with Gasteiger partial charge < -0.3 is 10.0 Å².